The molecule has 4 aromatic carbocycles. The van der Waals surface area contributed by atoms with E-state index in [1.165, 1.54) is 20.7 Å². The van der Waals surface area contributed by atoms with Gasteiger partial charge in [0.15, 0.2) is 28.2 Å². The number of aliphatic hydroxyl groups is 2. The van der Waals surface area contributed by atoms with Gasteiger partial charge in [-0.2, -0.15) is 0 Å². The molecule has 2 aliphatic rings. The van der Waals surface area contributed by atoms with Crippen LogP contribution in [0.5, 0.6) is 0 Å². The van der Waals surface area contributed by atoms with Crippen molar-refractivity contribution in [2.45, 2.75) is 256 Å². The van der Waals surface area contributed by atoms with E-state index in [1.807, 2.05) is 71.9 Å². The zero-order chi connectivity index (χ0) is 68.8. The van der Waals surface area contributed by atoms with Crippen LogP contribution in [0.2, 0.25) is 46.3 Å². The number of benzene rings is 4. The van der Waals surface area contributed by atoms with Crippen molar-refractivity contribution >= 4 is 54.0 Å². The van der Waals surface area contributed by atoms with Crippen LogP contribution in [0.25, 0.3) is 0 Å². The van der Waals surface area contributed by atoms with Gasteiger partial charge in [-0.1, -0.05) is 228 Å². The first kappa shape index (κ1) is 79.2. The second-order valence-electron chi connectivity index (χ2n) is 30.7. The molecular weight excluding hydrogens is 1230 g/mol. The summed E-state index contributed by atoms with van der Waals surface area (Å²) in [5.74, 6) is 4.57. The predicted octanol–water partition coefficient (Wildman–Crippen LogP) is 13.3. The maximum absolute atomic E-state index is 11.5. The van der Waals surface area contributed by atoms with Crippen LogP contribution < -0.4 is 20.7 Å². The maximum atomic E-state index is 11.5. The maximum Gasteiger partial charge on any atom is 0.261 e. The summed E-state index contributed by atoms with van der Waals surface area (Å²) in [5.41, 5.74) is 0. The molecule has 0 bridgehead atoms. The molecule has 2 fully saturated rings. The highest BCUT2D eigenvalue weighted by molar-refractivity contribution is 7.00. The fraction of sp³-hybridized carbons (Fsp3) is 0.622. The van der Waals surface area contributed by atoms with Crippen LogP contribution in [0.1, 0.15) is 139 Å². The van der Waals surface area contributed by atoms with Gasteiger partial charge in [-0.05, 0) is 121 Å². The second-order valence-corrected chi connectivity index (χ2v) is 48.8. The van der Waals surface area contributed by atoms with E-state index in [9.17, 15) is 10.2 Å². The molecule has 0 amide bonds. The van der Waals surface area contributed by atoms with Gasteiger partial charge in [0, 0.05) is 28.9 Å². The average molecular weight is 1350 g/mol. The lowest BCUT2D eigenvalue weighted by molar-refractivity contribution is -0.153. The first-order valence-corrected chi connectivity index (χ1v) is 42.7. The number of methoxy groups -OCH3 is 2. The Kier molecular flexibility index (Phi) is 28.5. The van der Waals surface area contributed by atoms with Gasteiger partial charge >= 0.3 is 0 Å². The molecule has 516 valence electrons. The van der Waals surface area contributed by atoms with Crippen LogP contribution in [-0.4, -0.2) is 157 Å². The van der Waals surface area contributed by atoms with Gasteiger partial charge in [0.25, 0.3) is 16.6 Å². The molecule has 2 aliphatic heterocycles. The molecule has 0 saturated carbocycles. The smallest absolute Gasteiger partial charge is 0.261 e. The molecule has 14 nitrogen and oxygen atoms in total. The van der Waals surface area contributed by atoms with Crippen LogP contribution >= 0.6 is 0 Å². The van der Waals surface area contributed by atoms with Crippen LogP contribution in [0.4, 0.5) is 0 Å². The highest BCUT2D eigenvalue weighted by Gasteiger charge is 2.54. The Hall–Kier alpha value is -3.51. The summed E-state index contributed by atoms with van der Waals surface area (Å²) in [5, 5.41) is 27.4. The monoisotopic (exact) mass is 1340 g/mol. The standard InChI is InChI=1S/C37H60O7Si2.C37H58O7Si2.H2/c2*1-28(44-46(36(5,6)7,29-19-15-13-16-20-29)30-21-17-14-18-22-30)32(40-27-39-10)24-23-31(38)34-33(42-37(8,9)43-34)25-26-41-45(11,12)35(2,3)4;/h13-24,28,31-34,38H,25-27H2,1-12H3;13-22,28,31-34,38H,25-27H2,1-12H3;1H/b24-23-;;/t2*28-,31?,32+,33-,34+;/m00./s1. The summed E-state index contributed by atoms with van der Waals surface area (Å²) in [6, 6.07) is 42.0. The molecule has 10 atom stereocenters. The Balaban J connectivity index is 0.000000392. The number of rotatable bonds is 28. The van der Waals surface area contributed by atoms with Crippen LogP contribution in [0.3, 0.4) is 0 Å². The number of ether oxygens (including phenoxy) is 8. The quantitative estimate of drug-likeness (QED) is 0.0240. The van der Waals surface area contributed by atoms with E-state index in [0.717, 1.165) is 0 Å². The molecule has 0 aliphatic carbocycles. The van der Waals surface area contributed by atoms with Gasteiger partial charge in [-0.3, -0.25) is 0 Å². The summed E-state index contributed by atoms with van der Waals surface area (Å²) >= 11 is 0. The number of hydrogen-bond donors (Lipinski definition) is 2. The fourth-order valence-electron chi connectivity index (χ4n) is 11.6. The molecular formula is C74H120O14Si4. The molecule has 0 radical (unpaired) electrons. The van der Waals surface area contributed by atoms with E-state index >= 15 is 0 Å². The minimum atomic E-state index is -2.88. The van der Waals surface area contributed by atoms with Gasteiger partial charge in [-0.15, -0.1) is 0 Å². The van der Waals surface area contributed by atoms with E-state index in [4.69, 9.17) is 55.6 Å². The third-order valence-corrected chi connectivity index (χ3v) is 37.8. The third-order valence-electron chi connectivity index (χ3n) is 18.5. The van der Waals surface area contributed by atoms with E-state index in [-0.39, 0.29) is 53.5 Å². The highest BCUT2D eigenvalue weighted by Crippen LogP contribution is 2.42. The first-order chi connectivity index (χ1) is 42.7. The Morgan fingerprint density at radius 3 is 1.20 bits per heavy atom. The molecule has 2 heterocycles. The van der Waals surface area contributed by atoms with Crippen molar-refractivity contribution < 1.29 is 67.2 Å². The SMILES string of the molecule is COCO[C@H](/C=C\C(O)[C@H]1OC(C)(C)O[C@H]1CCO[Si](C)(C)C(C)(C)C)[C@H](C)O[Si](c1ccccc1)(c1ccccc1)C(C)(C)C.COCO[C@H](C#CC(O)[C@H]1OC(C)(C)O[C@H]1CCO[Si](C)(C)C(C)(C)C)[C@H](C)O[Si](c1ccccc1)(c1ccccc1)C(C)(C)C.[HH]. The molecule has 2 N–H and O–H groups in total. The summed E-state index contributed by atoms with van der Waals surface area (Å²) in [6.45, 7) is 48.5. The minimum Gasteiger partial charge on any atom is -0.417 e. The molecule has 0 spiro atoms. The zero-order valence-electron chi connectivity index (χ0n) is 60.5. The molecule has 0 aromatic heterocycles. The average Bonchev–Trinajstić information content (AvgIpc) is 1.54. The molecule has 4 aromatic rings. The Morgan fingerprint density at radius 1 is 0.489 bits per heavy atom. The number of hydrogen-bond acceptors (Lipinski definition) is 14. The predicted molar refractivity (Wildman–Crippen MR) is 384 cm³/mol. The first-order valence-electron chi connectivity index (χ1n) is 33.0. The zero-order valence-corrected chi connectivity index (χ0v) is 64.5. The van der Waals surface area contributed by atoms with Gasteiger partial charge in [0.1, 0.15) is 50.2 Å². The second kappa shape index (κ2) is 33.2. The Labute approximate surface area is 561 Å². The molecule has 6 rings (SSSR count). The van der Waals surface area contributed by atoms with Crippen molar-refractivity contribution in [1.29, 1.82) is 0 Å². The topological polar surface area (TPSA) is 151 Å². The normalized spacial score (nSPS) is 21.2. The lowest BCUT2D eigenvalue weighted by Gasteiger charge is -2.45. The summed E-state index contributed by atoms with van der Waals surface area (Å²) in [4.78, 5) is 0. The largest absolute Gasteiger partial charge is 0.417 e. The van der Waals surface area contributed by atoms with E-state index in [0.29, 0.717) is 26.1 Å². The van der Waals surface area contributed by atoms with E-state index in [2.05, 4.69) is 218 Å². The fourth-order valence-corrected chi connectivity index (χ4v) is 23.1. The molecule has 2 saturated heterocycles. The summed E-state index contributed by atoms with van der Waals surface area (Å²) < 4.78 is 75.2. The molecule has 18 heteroatoms. The van der Waals surface area contributed by atoms with Crippen molar-refractivity contribution in [3.8, 4) is 11.8 Å². The lowest BCUT2D eigenvalue weighted by atomic mass is 10.0. The van der Waals surface area contributed by atoms with Crippen molar-refractivity contribution in [2.24, 2.45) is 0 Å². The molecule has 2 unspecified atom stereocenters. The van der Waals surface area contributed by atoms with Crippen molar-refractivity contribution in [3.63, 3.8) is 0 Å². The van der Waals surface area contributed by atoms with Crippen molar-refractivity contribution in [1.82, 2.24) is 0 Å². The Bertz CT molecular complexity index is 2820. The van der Waals surface area contributed by atoms with Crippen molar-refractivity contribution in [2.75, 3.05) is 41.0 Å². The summed E-state index contributed by atoms with van der Waals surface area (Å²) in [6.07, 6.45) is -1.03. The molecule has 92 heavy (non-hydrogen) atoms. The number of aliphatic hydroxyl groups excluding tert-OH is 2. The highest BCUT2D eigenvalue weighted by atomic mass is 28.4. The van der Waals surface area contributed by atoms with Gasteiger partial charge in [0.05, 0.1) is 24.4 Å². The van der Waals surface area contributed by atoms with E-state index < -0.39 is 87.6 Å². The van der Waals surface area contributed by atoms with Crippen LogP contribution in [0.15, 0.2) is 133 Å². The van der Waals surface area contributed by atoms with Crippen molar-refractivity contribution in [3.05, 3.63) is 133 Å². The summed E-state index contributed by atoms with van der Waals surface area (Å²) in [7, 11) is -6.38. The Morgan fingerprint density at radius 2 is 0.837 bits per heavy atom. The third kappa shape index (κ3) is 20.8. The minimum absolute atomic E-state index is 0. The van der Waals surface area contributed by atoms with Gasteiger partial charge in [-0.25, -0.2) is 0 Å². The van der Waals surface area contributed by atoms with Crippen LogP contribution in [-0.2, 0) is 55.6 Å². The van der Waals surface area contributed by atoms with Gasteiger partial charge < -0.3 is 65.8 Å². The van der Waals surface area contributed by atoms with E-state index in [1.54, 1.807) is 20.3 Å². The van der Waals surface area contributed by atoms with Crippen LogP contribution in [0, 0.1) is 11.8 Å². The lowest BCUT2D eigenvalue weighted by Crippen LogP contribution is -2.68. The van der Waals surface area contributed by atoms with Gasteiger partial charge in [0.2, 0.25) is 0 Å².